The minimum absolute atomic E-state index is 0.114. The number of nitrogens with zero attached hydrogens (tertiary/aromatic N) is 1. The van der Waals surface area contributed by atoms with Crippen LogP contribution in [-0.2, 0) is 29.8 Å². The van der Waals surface area contributed by atoms with Gasteiger partial charge in [0.2, 0.25) is 5.85 Å². The van der Waals surface area contributed by atoms with E-state index in [-0.39, 0.29) is 17.1 Å². The number of aliphatic hydroxyl groups excluding tert-OH is 1. The van der Waals surface area contributed by atoms with E-state index >= 15 is 4.39 Å². The van der Waals surface area contributed by atoms with Crippen LogP contribution in [0.4, 0.5) is 8.78 Å². The Morgan fingerprint density at radius 3 is 3.14 bits per heavy atom. The number of halogens is 2. The molecule has 156 valence electrons. The zero-order chi connectivity index (χ0) is 23.5. The van der Waals surface area contributed by atoms with E-state index in [0.29, 0.717) is 0 Å². The van der Waals surface area contributed by atoms with Crippen LogP contribution in [0.2, 0.25) is 0 Å². The number of hydrogen-bond donors (Lipinski definition) is 2. The van der Waals surface area contributed by atoms with E-state index in [0.717, 1.165) is 35.4 Å². The van der Waals surface area contributed by atoms with Gasteiger partial charge in [0.25, 0.3) is 5.91 Å². The summed E-state index contributed by atoms with van der Waals surface area (Å²) in [6.45, 7) is -0.531. The monoisotopic (exact) mass is 433 g/mol. The van der Waals surface area contributed by atoms with E-state index in [2.05, 4.69) is 11.9 Å². The quantitative estimate of drug-likeness (QED) is 0.695. The number of phosphoric acid groups is 1. The van der Waals surface area contributed by atoms with E-state index in [1.807, 2.05) is 0 Å². The Balaban J connectivity index is 1.57. The minimum Gasteiger partial charge on any atom is -0.404 e. The van der Waals surface area contributed by atoms with Gasteiger partial charge in [-0.25, -0.2) is 13.3 Å². The molecule has 1 saturated heterocycles. The maximum Gasteiger partial charge on any atom is 0.530 e. The molecule has 12 heteroatoms. The molecule has 1 aromatic rings. The van der Waals surface area contributed by atoms with E-state index < -0.39 is 57.3 Å². The van der Waals surface area contributed by atoms with E-state index in [1.165, 1.54) is 0 Å². The SMILES string of the molecule is [2H]C([2H])(OP1(=O)OCc2cc(F)ccc2O1)[C@]1(F)C[C@@H](O)[C@]([2H])(N2C=CC(=O)NC2=C)O1. The second-order valence-electron chi connectivity index (χ2n) is 6.27. The third-order valence-electron chi connectivity index (χ3n) is 4.10. The Hall–Kier alpha value is -2.30. The van der Waals surface area contributed by atoms with Crippen molar-refractivity contribution in [3.05, 3.63) is 54.3 Å². The van der Waals surface area contributed by atoms with Gasteiger partial charge in [-0.1, -0.05) is 6.58 Å². The molecule has 1 unspecified atom stereocenters. The smallest absolute Gasteiger partial charge is 0.404 e. The Morgan fingerprint density at radius 2 is 2.38 bits per heavy atom. The predicted molar refractivity (Wildman–Crippen MR) is 93.0 cm³/mol. The first kappa shape index (κ1) is 16.5. The molecule has 0 aromatic heterocycles. The molecule has 0 bridgehead atoms. The van der Waals surface area contributed by atoms with E-state index in [1.54, 1.807) is 0 Å². The number of carbonyl (C=O) groups excluding carboxylic acids is 1. The normalized spacial score (nSPS) is 38.5. The van der Waals surface area contributed by atoms with Crippen LogP contribution >= 0.6 is 7.82 Å². The highest BCUT2D eigenvalue weighted by molar-refractivity contribution is 7.49. The average molecular weight is 433 g/mol. The summed E-state index contributed by atoms with van der Waals surface area (Å²) in [6, 6.07) is 3.17. The lowest BCUT2D eigenvalue weighted by Gasteiger charge is -2.33. The first-order valence-electron chi connectivity index (χ1n) is 9.75. The van der Waals surface area contributed by atoms with E-state index in [4.69, 9.17) is 22.4 Å². The fourth-order valence-corrected chi connectivity index (χ4v) is 3.89. The standard InChI is InChI=1S/C17H17F2N2O7P/c1-10-20-15(23)4-5-21(10)16-13(22)7-17(19,27-16)9-26-29(24)25-8-11-6-12(18)2-3-14(11)28-29/h2-6,13,16,22H,1,7-9H2,(H,20,23)/t13-,16-,17+,29?/m1/s1/i9D2,16D. The maximum atomic E-state index is 15.6. The molecule has 2 N–H and O–H groups in total. The Kier molecular flexibility index (Phi) is 4.09. The number of nitrogens with one attached hydrogen (secondary N) is 1. The highest BCUT2D eigenvalue weighted by Crippen LogP contribution is 2.55. The van der Waals surface area contributed by atoms with Crippen LogP contribution in [-0.4, -0.2) is 40.6 Å². The molecular weight excluding hydrogens is 413 g/mol. The third-order valence-corrected chi connectivity index (χ3v) is 5.28. The summed E-state index contributed by atoms with van der Waals surface area (Å²) in [4.78, 5) is 12.2. The number of rotatable bonds is 4. The number of fused-ring (bicyclic) bond motifs is 1. The molecule has 1 aromatic carbocycles. The van der Waals surface area contributed by atoms with Gasteiger partial charge < -0.3 is 24.6 Å². The number of hydrogen-bond acceptors (Lipinski definition) is 8. The van der Waals surface area contributed by atoms with E-state index in [9.17, 15) is 18.9 Å². The Labute approximate surface area is 168 Å². The molecule has 29 heavy (non-hydrogen) atoms. The number of benzene rings is 1. The largest absolute Gasteiger partial charge is 0.530 e. The second kappa shape index (κ2) is 7.19. The van der Waals surface area contributed by atoms with Crippen LogP contribution in [0.15, 0.2) is 42.9 Å². The molecule has 0 saturated carbocycles. The fraction of sp³-hybridized carbons (Fsp3) is 0.353. The molecule has 0 spiro atoms. The molecule has 0 radical (unpaired) electrons. The number of phosphoric ester groups is 1. The van der Waals surface area contributed by atoms with Gasteiger partial charge in [-0.15, -0.1) is 0 Å². The molecule has 3 aliphatic rings. The zero-order valence-electron chi connectivity index (χ0n) is 17.6. The lowest BCUT2D eigenvalue weighted by Crippen LogP contribution is -2.45. The van der Waals surface area contributed by atoms with Crippen LogP contribution in [0.25, 0.3) is 0 Å². The molecule has 4 atom stereocenters. The molecule has 4 rings (SSSR count). The molecule has 1 amide bonds. The Morgan fingerprint density at radius 1 is 1.59 bits per heavy atom. The summed E-state index contributed by atoms with van der Waals surface area (Å²) in [5, 5.41) is 12.6. The maximum absolute atomic E-state index is 15.6. The van der Waals surface area contributed by atoms with Crippen LogP contribution in [0.5, 0.6) is 5.75 Å². The van der Waals surface area contributed by atoms with Gasteiger partial charge in [0.15, 0.2) is 6.20 Å². The number of ether oxygens (including phenoxy) is 1. The summed E-state index contributed by atoms with van der Waals surface area (Å²) in [6.07, 6.45) is -3.76. The van der Waals surface area contributed by atoms with Crippen molar-refractivity contribution < 1.29 is 45.7 Å². The summed E-state index contributed by atoms with van der Waals surface area (Å²) in [7, 11) is -4.75. The van der Waals surface area contributed by atoms with Crippen LogP contribution in [0.1, 0.15) is 16.1 Å². The van der Waals surface area contributed by atoms with Crippen molar-refractivity contribution in [2.45, 2.75) is 31.2 Å². The molecule has 9 nitrogen and oxygen atoms in total. The fourth-order valence-electron chi connectivity index (χ4n) is 2.78. The highest BCUT2D eigenvalue weighted by atomic mass is 31.2. The summed E-state index contributed by atoms with van der Waals surface area (Å²) in [5.41, 5.74) is 0.172. The first-order chi connectivity index (χ1) is 14.8. The molecule has 0 aliphatic carbocycles. The summed E-state index contributed by atoms with van der Waals surface area (Å²) < 4.78 is 85.7. The molecule has 3 aliphatic heterocycles. The van der Waals surface area contributed by atoms with Gasteiger partial charge in [-0.3, -0.25) is 13.8 Å². The number of aliphatic hydroxyl groups is 1. The van der Waals surface area contributed by atoms with Crippen molar-refractivity contribution in [3.8, 4) is 5.75 Å². The van der Waals surface area contributed by atoms with Gasteiger partial charge in [0.1, 0.15) is 30.1 Å². The average Bonchev–Trinajstić information content (AvgIpc) is 2.92. The van der Waals surface area contributed by atoms with Gasteiger partial charge in [0, 0.05) is 24.3 Å². The number of carbonyl (C=O) groups is 1. The van der Waals surface area contributed by atoms with Gasteiger partial charge >= 0.3 is 7.82 Å². The molecular formula is C17H17F2N2O7P. The first-order valence-corrected chi connectivity index (χ1v) is 9.71. The van der Waals surface area contributed by atoms with Crippen molar-refractivity contribution in [3.63, 3.8) is 0 Å². The van der Waals surface area contributed by atoms with Crippen LogP contribution in [0, 0.1) is 5.82 Å². The van der Waals surface area contributed by atoms with Gasteiger partial charge in [-0.2, -0.15) is 0 Å². The lowest BCUT2D eigenvalue weighted by atomic mass is 10.1. The van der Waals surface area contributed by atoms with Crippen molar-refractivity contribution in [1.29, 1.82) is 0 Å². The van der Waals surface area contributed by atoms with Crippen molar-refractivity contribution in [1.82, 2.24) is 10.2 Å². The zero-order valence-corrected chi connectivity index (χ0v) is 15.5. The van der Waals surface area contributed by atoms with Crippen molar-refractivity contribution in [2.75, 3.05) is 6.56 Å². The van der Waals surface area contributed by atoms with Gasteiger partial charge in [0.05, 0.1) is 10.7 Å². The highest BCUT2D eigenvalue weighted by Gasteiger charge is 2.51. The molecule has 3 heterocycles. The lowest BCUT2D eigenvalue weighted by molar-refractivity contribution is -0.184. The van der Waals surface area contributed by atoms with Gasteiger partial charge in [-0.05, 0) is 18.2 Å². The Bertz CT molecular complexity index is 1080. The number of alkyl halides is 1. The molecule has 1 fully saturated rings. The van der Waals surface area contributed by atoms with Crippen molar-refractivity contribution in [2.24, 2.45) is 0 Å². The van der Waals surface area contributed by atoms with Crippen LogP contribution < -0.4 is 9.84 Å². The number of amides is 1. The minimum atomic E-state index is -4.75. The third kappa shape index (κ3) is 4.05. The second-order valence-corrected chi connectivity index (χ2v) is 7.79. The summed E-state index contributed by atoms with van der Waals surface area (Å²) >= 11 is 0. The summed E-state index contributed by atoms with van der Waals surface area (Å²) in [5.74, 6) is -5.05. The predicted octanol–water partition coefficient (Wildman–Crippen LogP) is 2.05. The van der Waals surface area contributed by atoms with Crippen molar-refractivity contribution >= 4 is 13.7 Å². The topological polar surface area (TPSA) is 107 Å². The van der Waals surface area contributed by atoms with Crippen LogP contribution in [0.3, 0.4) is 0 Å².